The van der Waals surface area contributed by atoms with E-state index < -0.39 is 0 Å². The third kappa shape index (κ3) is 3.82. The van der Waals surface area contributed by atoms with Crippen LogP contribution in [0.15, 0.2) is 22.9 Å². The molecule has 0 aliphatic carbocycles. The molecule has 1 saturated heterocycles. The van der Waals surface area contributed by atoms with E-state index >= 15 is 0 Å². The Morgan fingerprint density at radius 2 is 2.12 bits per heavy atom. The number of rotatable bonds is 4. The fraction of sp³-hybridized carbons (Fsp3) is 0.500. The molecule has 3 rings (SSSR count). The molecule has 2 aromatic rings. The maximum absolute atomic E-state index is 12.8. The van der Waals surface area contributed by atoms with E-state index in [4.69, 9.17) is 9.26 Å². The Kier molecular flexibility index (Phi) is 5.33. The third-order valence-corrected chi connectivity index (χ3v) is 4.63. The van der Waals surface area contributed by atoms with E-state index in [-0.39, 0.29) is 5.91 Å². The van der Waals surface area contributed by atoms with Crippen molar-refractivity contribution in [3.8, 4) is 5.88 Å². The lowest BCUT2D eigenvalue weighted by Gasteiger charge is -2.22. The Balaban J connectivity index is 1.66. The average Bonchev–Trinajstić information content (AvgIpc) is 2.83. The number of nitrogens with zero attached hydrogens (tertiary/aromatic N) is 4. The van der Waals surface area contributed by atoms with Crippen molar-refractivity contribution in [2.75, 3.05) is 33.3 Å². The monoisotopic (exact) mass is 344 g/mol. The number of carbonyl (C=O) groups excluding carboxylic acids is 1. The van der Waals surface area contributed by atoms with Crippen LogP contribution in [-0.2, 0) is 6.54 Å². The number of pyridine rings is 1. The molecule has 2 aromatic heterocycles. The fourth-order valence-corrected chi connectivity index (χ4v) is 3.17. The van der Waals surface area contributed by atoms with Crippen LogP contribution in [0.1, 0.15) is 33.8 Å². The minimum Gasteiger partial charge on any atom is -0.480 e. The average molecular weight is 344 g/mol. The standard InChI is InChI=1S/C18H24N4O3/c1-13-16(14(2)25-20-13)12-21-8-5-9-22(11-10-21)18(23)15-6-4-7-19-17(15)24-3/h4,6-7H,5,8-12H2,1-3H3. The molecule has 1 aliphatic rings. The van der Waals surface area contributed by atoms with Crippen LogP contribution in [0.5, 0.6) is 5.88 Å². The molecule has 7 nitrogen and oxygen atoms in total. The zero-order valence-electron chi connectivity index (χ0n) is 15.0. The lowest BCUT2D eigenvalue weighted by atomic mass is 10.2. The highest BCUT2D eigenvalue weighted by Crippen LogP contribution is 2.19. The van der Waals surface area contributed by atoms with Crippen molar-refractivity contribution in [3.05, 3.63) is 40.9 Å². The lowest BCUT2D eigenvalue weighted by Crippen LogP contribution is -2.35. The van der Waals surface area contributed by atoms with E-state index in [2.05, 4.69) is 15.0 Å². The number of aryl methyl sites for hydroxylation is 2. The third-order valence-electron chi connectivity index (χ3n) is 4.63. The first-order valence-corrected chi connectivity index (χ1v) is 8.52. The molecule has 0 bridgehead atoms. The summed E-state index contributed by atoms with van der Waals surface area (Å²) in [5.41, 5.74) is 2.60. The van der Waals surface area contributed by atoms with Crippen molar-refractivity contribution in [1.82, 2.24) is 19.9 Å². The van der Waals surface area contributed by atoms with Gasteiger partial charge in [-0.05, 0) is 32.4 Å². The molecule has 25 heavy (non-hydrogen) atoms. The number of carbonyl (C=O) groups is 1. The summed E-state index contributed by atoms with van der Waals surface area (Å²) in [5, 5.41) is 4.02. The first-order chi connectivity index (χ1) is 12.1. The fourth-order valence-electron chi connectivity index (χ4n) is 3.17. The Morgan fingerprint density at radius 1 is 1.28 bits per heavy atom. The molecule has 0 N–H and O–H groups in total. The van der Waals surface area contributed by atoms with E-state index in [0.29, 0.717) is 18.0 Å². The number of methoxy groups -OCH3 is 1. The molecule has 0 saturated carbocycles. The largest absolute Gasteiger partial charge is 0.480 e. The van der Waals surface area contributed by atoms with Crippen molar-refractivity contribution in [2.24, 2.45) is 0 Å². The Labute approximate surface area is 147 Å². The van der Waals surface area contributed by atoms with Crippen LogP contribution in [-0.4, -0.2) is 59.1 Å². The summed E-state index contributed by atoms with van der Waals surface area (Å²) in [6.07, 6.45) is 2.56. The normalized spacial score (nSPS) is 15.9. The predicted molar refractivity (Wildman–Crippen MR) is 92.6 cm³/mol. The maximum Gasteiger partial charge on any atom is 0.259 e. The zero-order chi connectivity index (χ0) is 17.8. The topological polar surface area (TPSA) is 71.7 Å². The number of hydrogen-bond donors (Lipinski definition) is 0. The van der Waals surface area contributed by atoms with E-state index in [1.54, 1.807) is 18.3 Å². The summed E-state index contributed by atoms with van der Waals surface area (Å²) in [7, 11) is 1.53. The molecule has 0 radical (unpaired) electrons. The van der Waals surface area contributed by atoms with Crippen LogP contribution in [0, 0.1) is 13.8 Å². The Bertz CT molecular complexity index is 724. The van der Waals surface area contributed by atoms with Gasteiger partial charge < -0.3 is 14.2 Å². The molecule has 0 unspecified atom stereocenters. The Hall–Kier alpha value is -2.41. The number of ether oxygens (including phenoxy) is 1. The molecule has 1 amide bonds. The second-order valence-electron chi connectivity index (χ2n) is 6.28. The summed E-state index contributed by atoms with van der Waals surface area (Å²) in [4.78, 5) is 21.2. The summed E-state index contributed by atoms with van der Waals surface area (Å²) >= 11 is 0. The summed E-state index contributed by atoms with van der Waals surface area (Å²) in [6.45, 7) is 7.89. The molecule has 1 aliphatic heterocycles. The smallest absolute Gasteiger partial charge is 0.259 e. The molecule has 3 heterocycles. The van der Waals surface area contributed by atoms with Gasteiger partial charge in [-0.1, -0.05) is 5.16 Å². The van der Waals surface area contributed by atoms with Crippen LogP contribution in [0.2, 0.25) is 0 Å². The summed E-state index contributed by atoms with van der Waals surface area (Å²) in [6, 6.07) is 3.53. The summed E-state index contributed by atoms with van der Waals surface area (Å²) < 4.78 is 10.5. The highest BCUT2D eigenvalue weighted by atomic mass is 16.5. The van der Waals surface area contributed by atoms with Crippen LogP contribution in [0.25, 0.3) is 0 Å². The van der Waals surface area contributed by atoms with Gasteiger partial charge >= 0.3 is 0 Å². The maximum atomic E-state index is 12.8. The highest BCUT2D eigenvalue weighted by Gasteiger charge is 2.24. The second-order valence-corrected chi connectivity index (χ2v) is 6.28. The van der Waals surface area contributed by atoms with Crippen LogP contribution in [0.4, 0.5) is 0 Å². The van der Waals surface area contributed by atoms with Gasteiger partial charge in [-0.15, -0.1) is 0 Å². The molecule has 0 atom stereocenters. The van der Waals surface area contributed by atoms with Gasteiger partial charge in [-0.2, -0.15) is 0 Å². The molecule has 1 fully saturated rings. The van der Waals surface area contributed by atoms with E-state index in [1.165, 1.54) is 7.11 Å². The molecule has 7 heteroatoms. The second kappa shape index (κ2) is 7.65. The van der Waals surface area contributed by atoms with Crippen LogP contribution in [0.3, 0.4) is 0 Å². The minimum atomic E-state index is -0.0239. The predicted octanol–water partition coefficient (Wildman–Crippen LogP) is 2.04. The van der Waals surface area contributed by atoms with Gasteiger partial charge in [0.25, 0.3) is 5.91 Å². The van der Waals surface area contributed by atoms with Gasteiger partial charge in [0.05, 0.1) is 12.8 Å². The van der Waals surface area contributed by atoms with Gasteiger partial charge in [-0.3, -0.25) is 9.69 Å². The quantitative estimate of drug-likeness (QED) is 0.845. The van der Waals surface area contributed by atoms with E-state index in [9.17, 15) is 4.79 Å². The molecular weight excluding hydrogens is 320 g/mol. The van der Waals surface area contributed by atoms with Crippen molar-refractivity contribution >= 4 is 5.91 Å². The number of hydrogen-bond acceptors (Lipinski definition) is 6. The van der Waals surface area contributed by atoms with E-state index in [0.717, 1.165) is 49.6 Å². The molecule has 134 valence electrons. The van der Waals surface area contributed by atoms with Crippen molar-refractivity contribution in [1.29, 1.82) is 0 Å². The number of aromatic nitrogens is 2. The van der Waals surface area contributed by atoms with Gasteiger partial charge in [-0.25, -0.2) is 4.98 Å². The van der Waals surface area contributed by atoms with Crippen LogP contribution < -0.4 is 4.74 Å². The molecule has 0 aromatic carbocycles. The van der Waals surface area contributed by atoms with E-state index in [1.807, 2.05) is 18.7 Å². The molecular formula is C18H24N4O3. The van der Waals surface area contributed by atoms with Crippen molar-refractivity contribution in [2.45, 2.75) is 26.8 Å². The van der Waals surface area contributed by atoms with Gasteiger partial charge in [0, 0.05) is 44.5 Å². The first-order valence-electron chi connectivity index (χ1n) is 8.52. The Morgan fingerprint density at radius 3 is 2.84 bits per heavy atom. The number of amides is 1. The van der Waals surface area contributed by atoms with Crippen LogP contribution >= 0.6 is 0 Å². The summed E-state index contributed by atoms with van der Waals surface area (Å²) in [5.74, 6) is 1.23. The zero-order valence-corrected chi connectivity index (χ0v) is 15.0. The van der Waals surface area contributed by atoms with Gasteiger partial charge in [0.1, 0.15) is 11.3 Å². The highest BCUT2D eigenvalue weighted by molar-refractivity contribution is 5.96. The first kappa shape index (κ1) is 17.4. The lowest BCUT2D eigenvalue weighted by molar-refractivity contribution is 0.0757. The SMILES string of the molecule is COc1ncccc1C(=O)N1CCCN(Cc2c(C)noc2C)CC1. The van der Waals surface area contributed by atoms with Crippen molar-refractivity contribution in [3.63, 3.8) is 0 Å². The molecule has 0 spiro atoms. The minimum absolute atomic E-state index is 0.0239. The van der Waals surface area contributed by atoms with Crippen molar-refractivity contribution < 1.29 is 14.1 Å². The van der Waals surface area contributed by atoms with Gasteiger partial charge in [0.2, 0.25) is 5.88 Å². The van der Waals surface area contributed by atoms with Gasteiger partial charge in [0.15, 0.2) is 0 Å².